The lowest BCUT2D eigenvalue weighted by molar-refractivity contribution is 0.590. The van der Waals surface area contributed by atoms with Crippen molar-refractivity contribution in [2.45, 2.75) is 39.0 Å². The van der Waals surface area contributed by atoms with Gasteiger partial charge in [0.15, 0.2) is 5.58 Å². The largest absolute Gasteiger partial charge is 0.439 e. The fourth-order valence-electron chi connectivity index (χ4n) is 3.94. The van der Waals surface area contributed by atoms with E-state index < -0.39 is 5.41 Å². The van der Waals surface area contributed by atoms with Gasteiger partial charge in [-0.1, -0.05) is 52.0 Å². The van der Waals surface area contributed by atoms with E-state index in [0.717, 1.165) is 27.6 Å². The van der Waals surface area contributed by atoms with Crippen LogP contribution in [-0.4, -0.2) is 4.98 Å². The molecule has 2 heterocycles. The molecule has 6 heteroatoms. The van der Waals surface area contributed by atoms with Crippen LogP contribution in [0, 0.1) is 11.3 Å². The van der Waals surface area contributed by atoms with Gasteiger partial charge in [-0.25, -0.2) is 0 Å². The molecule has 0 radical (unpaired) electrons. The van der Waals surface area contributed by atoms with Gasteiger partial charge >= 0.3 is 0 Å². The van der Waals surface area contributed by atoms with E-state index in [9.17, 15) is 5.26 Å². The van der Waals surface area contributed by atoms with Crippen LogP contribution in [0.1, 0.15) is 55.9 Å². The minimum Gasteiger partial charge on any atom is -0.439 e. The van der Waals surface area contributed by atoms with Crippen molar-refractivity contribution in [1.82, 2.24) is 4.98 Å². The number of benzene rings is 2. The van der Waals surface area contributed by atoms with Crippen LogP contribution in [0.15, 0.2) is 39.2 Å². The van der Waals surface area contributed by atoms with Crippen LogP contribution in [0.3, 0.4) is 0 Å². The molecule has 4 rings (SSSR count). The average Bonchev–Trinajstić information content (AvgIpc) is 3.17. The van der Waals surface area contributed by atoms with Gasteiger partial charge in [0, 0.05) is 16.4 Å². The summed E-state index contributed by atoms with van der Waals surface area (Å²) in [6.07, 6.45) is 0. The molecule has 6 nitrogen and oxygen atoms in total. The number of nitrogen functional groups attached to an aromatic ring is 2. The predicted octanol–water partition coefficient (Wildman–Crippen LogP) is 5.06. The first-order valence-electron chi connectivity index (χ1n) is 9.16. The highest BCUT2D eigenvalue weighted by Gasteiger charge is 2.32. The molecule has 4 aromatic rings. The fourth-order valence-corrected chi connectivity index (χ4v) is 3.94. The maximum atomic E-state index is 9.60. The predicted molar refractivity (Wildman–Crippen MR) is 110 cm³/mol. The van der Waals surface area contributed by atoms with E-state index in [1.54, 1.807) is 0 Å². The zero-order valence-electron chi connectivity index (χ0n) is 16.3. The molecule has 4 N–H and O–H groups in total. The quantitative estimate of drug-likeness (QED) is 0.518. The Morgan fingerprint density at radius 3 is 2.50 bits per heavy atom. The Hall–Kier alpha value is -3.46. The normalized spacial score (nSPS) is 12.1. The van der Waals surface area contributed by atoms with Crippen LogP contribution in [-0.2, 0) is 5.41 Å². The van der Waals surface area contributed by atoms with E-state index >= 15 is 0 Å². The third kappa shape index (κ3) is 2.43. The second-order valence-electron chi connectivity index (χ2n) is 7.84. The lowest BCUT2D eigenvalue weighted by atomic mass is 9.75. The highest BCUT2D eigenvalue weighted by atomic mass is 16.4. The number of furan rings is 1. The van der Waals surface area contributed by atoms with Crippen LogP contribution >= 0.6 is 0 Å². The number of rotatable bonds is 3. The van der Waals surface area contributed by atoms with Gasteiger partial charge in [0.05, 0.1) is 0 Å². The van der Waals surface area contributed by atoms with E-state index in [1.807, 2.05) is 18.2 Å². The molecule has 0 unspecified atom stereocenters. The van der Waals surface area contributed by atoms with Crippen molar-refractivity contribution in [2.24, 2.45) is 0 Å². The second kappa shape index (κ2) is 6.03. The molecule has 0 aliphatic rings. The molecule has 0 amide bonds. The van der Waals surface area contributed by atoms with Gasteiger partial charge in [-0.05, 0) is 23.1 Å². The summed E-state index contributed by atoms with van der Waals surface area (Å²) < 4.78 is 11.4. The maximum Gasteiger partial charge on any atom is 0.293 e. The second-order valence-corrected chi connectivity index (χ2v) is 7.84. The van der Waals surface area contributed by atoms with Gasteiger partial charge in [0.2, 0.25) is 5.88 Å². The summed E-state index contributed by atoms with van der Waals surface area (Å²) in [7, 11) is 0. The summed E-state index contributed by atoms with van der Waals surface area (Å²) in [5.41, 5.74) is 16.6. The number of fused-ring (bicyclic) bond motifs is 2. The summed E-state index contributed by atoms with van der Waals surface area (Å²) in [6.45, 7) is 8.38. The molecule has 0 bridgehead atoms. The lowest BCUT2D eigenvalue weighted by Crippen LogP contribution is -2.20. The minimum absolute atomic E-state index is 0.130. The number of anilines is 2. The van der Waals surface area contributed by atoms with Crippen LogP contribution in [0.5, 0.6) is 0 Å². The molecule has 0 saturated heterocycles. The minimum atomic E-state index is -0.513. The molecule has 0 atom stereocenters. The van der Waals surface area contributed by atoms with Gasteiger partial charge in [0.25, 0.3) is 6.01 Å². The monoisotopic (exact) mass is 374 g/mol. The maximum absolute atomic E-state index is 9.60. The molecule has 0 saturated carbocycles. The number of aromatic nitrogens is 1. The Bertz CT molecular complexity index is 1260. The van der Waals surface area contributed by atoms with Crippen molar-refractivity contribution < 1.29 is 8.83 Å². The molecule has 0 aliphatic carbocycles. The molecule has 142 valence electrons. The van der Waals surface area contributed by atoms with Gasteiger partial charge in [-0.3, -0.25) is 0 Å². The van der Waals surface area contributed by atoms with Gasteiger partial charge in [-0.15, -0.1) is 0 Å². The molecule has 2 aromatic heterocycles. The molecular weight excluding hydrogens is 352 g/mol. The Kier molecular flexibility index (Phi) is 3.86. The van der Waals surface area contributed by atoms with Crippen molar-refractivity contribution in [3.05, 3.63) is 52.6 Å². The SMILES string of the molecule is CC(C)c1ccc(C(C)(C)c2cccc3oc(N)c(C#N)c23)c2oc(N)nc12. The first-order chi connectivity index (χ1) is 13.3. The van der Waals surface area contributed by atoms with Gasteiger partial charge in [-0.2, -0.15) is 10.2 Å². The topological polar surface area (TPSA) is 115 Å². The molecule has 28 heavy (non-hydrogen) atoms. The first kappa shape index (κ1) is 17.9. The zero-order valence-corrected chi connectivity index (χ0v) is 16.3. The summed E-state index contributed by atoms with van der Waals surface area (Å²) in [4.78, 5) is 4.42. The standard InChI is InChI=1S/C22H22N4O2/c1-11(2)12-8-9-15(19-18(12)26-21(25)28-19)22(3,4)14-6-5-7-16-17(14)13(10-23)20(24)27-16/h5-9,11H,24H2,1-4H3,(H2,25,26). The van der Waals surface area contributed by atoms with Gasteiger partial charge < -0.3 is 20.3 Å². The van der Waals surface area contributed by atoms with E-state index in [2.05, 4.69) is 50.9 Å². The Morgan fingerprint density at radius 1 is 1.07 bits per heavy atom. The molecule has 2 aromatic carbocycles. The van der Waals surface area contributed by atoms with E-state index in [4.69, 9.17) is 20.3 Å². The number of nitrogens with zero attached hydrogens (tertiary/aromatic N) is 2. The van der Waals surface area contributed by atoms with Crippen molar-refractivity contribution in [3.8, 4) is 6.07 Å². The number of hydrogen-bond donors (Lipinski definition) is 2. The first-order valence-corrected chi connectivity index (χ1v) is 9.16. The summed E-state index contributed by atoms with van der Waals surface area (Å²) in [5, 5.41) is 10.3. The van der Waals surface area contributed by atoms with Crippen molar-refractivity contribution in [2.75, 3.05) is 11.5 Å². The highest BCUT2D eigenvalue weighted by molar-refractivity contribution is 5.93. The lowest BCUT2D eigenvalue weighted by Gasteiger charge is -2.27. The molecule has 0 aliphatic heterocycles. The van der Waals surface area contributed by atoms with Gasteiger partial charge in [0.1, 0.15) is 22.7 Å². The summed E-state index contributed by atoms with van der Waals surface area (Å²) in [6, 6.07) is 12.1. The molecular formula is C22H22N4O2. The Labute approximate surface area is 162 Å². The van der Waals surface area contributed by atoms with Crippen LogP contribution < -0.4 is 11.5 Å². The smallest absolute Gasteiger partial charge is 0.293 e. The molecule has 0 spiro atoms. The number of hydrogen-bond acceptors (Lipinski definition) is 6. The number of oxazole rings is 1. The molecule has 0 fully saturated rings. The Balaban J connectivity index is 2.05. The van der Waals surface area contributed by atoms with Crippen LogP contribution in [0.2, 0.25) is 0 Å². The van der Waals surface area contributed by atoms with E-state index in [-0.39, 0.29) is 17.8 Å². The van der Waals surface area contributed by atoms with Crippen molar-refractivity contribution >= 4 is 34.0 Å². The summed E-state index contributed by atoms with van der Waals surface area (Å²) >= 11 is 0. The van der Waals surface area contributed by atoms with E-state index in [1.165, 1.54) is 0 Å². The number of nitriles is 1. The Morgan fingerprint density at radius 2 is 1.82 bits per heavy atom. The van der Waals surface area contributed by atoms with E-state index in [0.29, 0.717) is 16.7 Å². The van der Waals surface area contributed by atoms with Crippen molar-refractivity contribution in [1.29, 1.82) is 5.26 Å². The highest BCUT2D eigenvalue weighted by Crippen LogP contribution is 2.43. The van der Waals surface area contributed by atoms with Crippen LogP contribution in [0.25, 0.3) is 22.1 Å². The third-order valence-electron chi connectivity index (χ3n) is 5.41. The summed E-state index contributed by atoms with van der Waals surface area (Å²) in [5.74, 6) is 0.413. The fraction of sp³-hybridized carbons (Fsp3) is 0.273. The number of nitrogens with two attached hydrogens (primary N) is 2. The zero-order chi connectivity index (χ0) is 20.2. The average molecular weight is 374 g/mol. The third-order valence-corrected chi connectivity index (χ3v) is 5.41. The van der Waals surface area contributed by atoms with Crippen molar-refractivity contribution in [3.63, 3.8) is 0 Å². The van der Waals surface area contributed by atoms with Crippen LogP contribution in [0.4, 0.5) is 11.9 Å².